The molecule has 1 aromatic rings. The van der Waals surface area contributed by atoms with Crippen molar-refractivity contribution in [3.63, 3.8) is 0 Å². The van der Waals surface area contributed by atoms with Crippen molar-refractivity contribution in [2.75, 3.05) is 28.4 Å². The molecule has 3 fully saturated rings. The fourth-order valence-corrected chi connectivity index (χ4v) is 5.46. The fraction of sp³-hybridized carbons (Fsp3) is 0.714. The molecule has 2 aliphatic heterocycles. The molecule has 1 aromatic carbocycles. The van der Waals surface area contributed by atoms with Gasteiger partial charge in [-0.25, -0.2) is 4.79 Å². The Labute approximate surface area is 239 Å². The molecule has 3 aliphatic rings. The van der Waals surface area contributed by atoms with Crippen molar-refractivity contribution in [1.82, 2.24) is 0 Å². The average molecular weight is 585 g/mol. The first kappa shape index (κ1) is 31.7. The van der Waals surface area contributed by atoms with E-state index in [4.69, 9.17) is 47.4 Å². The molecule has 0 spiro atoms. The van der Waals surface area contributed by atoms with Crippen molar-refractivity contribution in [3.8, 4) is 0 Å². The topological polar surface area (TPSA) is 147 Å². The van der Waals surface area contributed by atoms with Crippen molar-refractivity contribution in [3.05, 3.63) is 35.9 Å². The molecule has 13 nitrogen and oxygen atoms in total. The molecule has 4 rings (SSSR count). The van der Waals surface area contributed by atoms with E-state index in [1.54, 1.807) is 58.0 Å². The number of rotatable bonds is 8. The molecule has 13 heteroatoms. The lowest BCUT2D eigenvalue weighted by Gasteiger charge is -2.62. The van der Waals surface area contributed by atoms with Gasteiger partial charge in [0.15, 0.2) is 6.10 Å². The molecule has 4 unspecified atom stereocenters. The molecular formula is C28H40O13. The summed E-state index contributed by atoms with van der Waals surface area (Å²) in [4.78, 5) is 25.5. The van der Waals surface area contributed by atoms with Crippen molar-refractivity contribution < 1.29 is 62.1 Å². The minimum absolute atomic E-state index is 0.377. The van der Waals surface area contributed by atoms with E-state index in [-0.39, 0.29) is 0 Å². The molecule has 2 heterocycles. The smallest absolute Gasteiger partial charge is 0.352 e. The van der Waals surface area contributed by atoms with E-state index in [9.17, 15) is 14.7 Å². The van der Waals surface area contributed by atoms with Gasteiger partial charge in [-0.2, -0.15) is 0 Å². The van der Waals surface area contributed by atoms with Crippen molar-refractivity contribution in [2.45, 2.75) is 100 Å². The number of esters is 2. The van der Waals surface area contributed by atoms with Crippen LogP contribution in [0.5, 0.6) is 0 Å². The Bertz CT molecular complexity index is 1100. The summed E-state index contributed by atoms with van der Waals surface area (Å²) in [5.41, 5.74) is 0.377. The molecule has 1 N–H and O–H groups in total. The second kappa shape index (κ2) is 11.5. The lowest BCUT2D eigenvalue weighted by molar-refractivity contribution is -0.510. The number of aliphatic hydroxyl groups excluding tert-OH is 1. The summed E-state index contributed by atoms with van der Waals surface area (Å²) in [5, 5.41) is 11.7. The molecular weight excluding hydrogens is 544 g/mol. The highest BCUT2D eigenvalue weighted by Crippen LogP contribution is 2.50. The highest BCUT2D eigenvalue weighted by atomic mass is 16.8. The summed E-state index contributed by atoms with van der Waals surface area (Å²) < 4.78 is 59.3. The van der Waals surface area contributed by atoms with Gasteiger partial charge in [-0.3, -0.25) is 4.79 Å². The first-order valence-corrected chi connectivity index (χ1v) is 13.2. The van der Waals surface area contributed by atoms with Crippen molar-refractivity contribution in [2.24, 2.45) is 0 Å². The fourth-order valence-electron chi connectivity index (χ4n) is 5.46. The number of hydrogen-bond acceptors (Lipinski definition) is 13. The molecule has 41 heavy (non-hydrogen) atoms. The Hall–Kier alpha value is -2.20. The van der Waals surface area contributed by atoms with Gasteiger partial charge in [0, 0.05) is 40.9 Å². The normalized spacial score (nSPS) is 42.9. The van der Waals surface area contributed by atoms with Gasteiger partial charge in [0.2, 0.25) is 29.3 Å². The maximum atomic E-state index is 13.6. The summed E-state index contributed by atoms with van der Waals surface area (Å²) in [6, 6.07) is 8.36. The van der Waals surface area contributed by atoms with Crippen molar-refractivity contribution >= 4 is 11.9 Å². The van der Waals surface area contributed by atoms with Crippen LogP contribution in [0.4, 0.5) is 0 Å². The maximum absolute atomic E-state index is 13.6. The zero-order chi connectivity index (χ0) is 30.4. The summed E-state index contributed by atoms with van der Waals surface area (Å²) in [6.07, 6.45) is -8.68. The van der Waals surface area contributed by atoms with Gasteiger partial charge in [-0.15, -0.1) is 0 Å². The third kappa shape index (κ3) is 5.28. The first-order valence-electron chi connectivity index (χ1n) is 13.2. The Morgan fingerprint density at radius 3 is 1.59 bits per heavy atom. The number of carbonyl (C=O) groups is 2. The van der Waals surface area contributed by atoms with Crippen LogP contribution in [-0.2, 0) is 57.0 Å². The van der Waals surface area contributed by atoms with Gasteiger partial charge in [0.1, 0.15) is 30.5 Å². The molecule has 0 aromatic heterocycles. The predicted molar refractivity (Wildman–Crippen MR) is 138 cm³/mol. The monoisotopic (exact) mass is 584 g/mol. The van der Waals surface area contributed by atoms with Gasteiger partial charge >= 0.3 is 11.9 Å². The standard InChI is InChI=1S/C28H40O13/c1-15(29)36-18(16-13-11-10-12-14-16)24(31)37-19-17(30)20-22(40-26(3,33-7)25(2,32-6)38-20)23-21(19)39-27(4,34-8)28(5,35-9)41-23/h10-14,17-23,30H,1-9H3/t17-,18+,19+,20-,21-,22+,23+,25?,26?,27?,28?/m0/s1. The minimum atomic E-state index is -1.52. The maximum Gasteiger partial charge on any atom is 0.352 e. The lowest BCUT2D eigenvalue weighted by atomic mass is 9.81. The van der Waals surface area contributed by atoms with Crippen LogP contribution in [0.1, 0.15) is 46.3 Å². The highest BCUT2D eigenvalue weighted by Gasteiger charge is 2.70. The van der Waals surface area contributed by atoms with Crippen LogP contribution in [0.2, 0.25) is 0 Å². The zero-order valence-electron chi connectivity index (χ0n) is 24.8. The quantitative estimate of drug-likeness (QED) is 0.442. The average Bonchev–Trinajstić information content (AvgIpc) is 2.96. The van der Waals surface area contributed by atoms with Crippen molar-refractivity contribution in [1.29, 1.82) is 0 Å². The van der Waals surface area contributed by atoms with Crippen LogP contribution in [-0.4, -0.2) is 105 Å². The van der Waals surface area contributed by atoms with E-state index >= 15 is 0 Å². The second-order valence-electron chi connectivity index (χ2n) is 10.7. The number of ether oxygens (including phenoxy) is 10. The summed E-state index contributed by atoms with van der Waals surface area (Å²) >= 11 is 0. The van der Waals surface area contributed by atoms with E-state index in [0.717, 1.165) is 0 Å². The van der Waals surface area contributed by atoms with E-state index in [1.807, 2.05) is 0 Å². The van der Waals surface area contributed by atoms with Crippen LogP contribution in [0.15, 0.2) is 30.3 Å². The molecule has 0 bridgehead atoms. The van der Waals surface area contributed by atoms with E-state index in [2.05, 4.69) is 0 Å². The summed E-state index contributed by atoms with van der Waals surface area (Å²) in [5.74, 6) is -7.56. The Morgan fingerprint density at radius 2 is 1.15 bits per heavy atom. The van der Waals surface area contributed by atoms with E-state index < -0.39 is 77.8 Å². The van der Waals surface area contributed by atoms with Crippen LogP contribution in [0.3, 0.4) is 0 Å². The summed E-state index contributed by atoms with van der Waals surface area (Å²) in [7, 11) is 5.67. The Morgan fingerprint density at radius 1 is 0.732 bits per heavy atom. The van der Waals surface area contributed by atoms with Crippen LogP contribution in [0.25, 0.3) is 0 Å². The number of methoxy groups -OCH3 is 4. The Balaban J connectivity index is 1.76. The van der Waals surface area contributed by atoms with Crippen LogP contribution >= 0.6 is 0 Å². The first-order chi connectivity index (χ1) is 19.2. The molecule has 1 aliphatic carbocycles. The minimum Gasteiger partial charge on any atom is -0.454 e. The number of hydrogen-bond donors (Lipinski definition) is 1. The highest BCUT2D eigenvalue weighted by molar-refractivity contribution is 5.80. The summed E-state index contributed by atoms with van der Waals surface area (Å²) in [6.45, 7) is 7.62. The largest absolute Gasteiger partial charge is 0.454 e. The van der Waals surface area contributed by atoms with E-state index in [1.165, 1.54) is 35.4 Å². The number of aliphatic hydroxyl groups is 1. The molecule has 0 radical (unpaired) electrons. The number of carbonyl (C=O) groups excluding carboxylic acids is 2. The third-order valence-electron chi connectivity index (χ3n) is 8.47. The molecule has 11 atom stereocenters. The number of fused-ring (bicyclic) bond motifs is 3. The number of benzene rings is 1. The SMILES string of the molecule is COC1(C)O[C@@H]2[C@@H](OC1(C)OC)[C@H](OC(=O)[C@H](OC(C)=O)c1ccccc1)[C@H](O)[C@@H]1OC(C)(OC)C(C)(OC)O[C@@H]21. The molecule has 0 amide bonds. The van der Waals surface area contributed by atoms with Gasteiger partial charge in [-0.05, 0) is 27.7 Å². The predicted octanol–water partition coefficient (Wildman–Crippen LogP) is 1.60. The third-order valence-corrected chi connectivity index (χ3v) is 8.47. The van der Waals surface area contributed by atoms with Gasteiger partial charge < -0.3 is 52.5 Å². The molecule has 2 saturated heterocycles. The molecule has 1 saturated carbocycles. The lowest BCUT2D eigenvalue weighted by Crippen LogP contribution is -2.80. The zero-order valence-corrected chi connectivity index (χ0v) is 24.8. The van der Waals surface area contributed by atoms with Gasteiger partial charge in [-0.1, -0.05) is 30.3 Å². The van der Waals surface area contributed by atoms with Crippen LogP contribution < -0.4 is 0 Å². The van der Waals surface area contributed by atoms with Gasteiger partial charge in [0.25, 0.3) is 0 Å². The van der Waals surface area contributed by atoms with E-state index in [0.29, 0.717) is 5.56 Å². The second-order valence-corrected chi connectivity index (χ2v) is 10.7. The molecule has 230 valence electrons. The van der Waals surface area contributed by atoms with Gasteiger partial charge in [0.05, 0.1) is 0 Å². The van der Waals surface area contributed by atoms with Crippen LogP contribution in [0, 0.1) is 0 Å². The Kier molecular flexibility index (Phi) is 8.88.